The highest BCUT2D eigenvalue weighted by Crippen LogP contribution is 2.21. The van der Waals surface area contributed by atoms with Crippen LogP contribution in [0.25, 0.3) is 11.0 Å². The number of hydrogen-bond donors (Lipinski definition) is 2. The van der Waals surface area contributed by atoms with E-state index < -0.39 is 5.97 Å². The lowest BCUT2D eigenvalue weighted by molar-refractivity contribution is -0.138. The molecule has 0 bridgehead atoms. The minimum atomic E-state index is -0.758. The maximum Gasteiger partial charge on any atom is 0.303 e. The van der Waals surface area contributed by atoms with Crippen molar-refractivity contribution in [3.8, 4) is 0 Å². The van der Waals surface area contributed by atoms with Gasteiger partial charge in [0.2, 0.25) is 0 Å². The van der Waals surface area contributed by atoms with Crippen LogP contribution in [0.15, 0.2) is 18.6 Å². The van der Waals surface area contributed by atoms with Crippen molar-refractivity contribution in [2.75, 3.05) is 11.9 Å². The fourth-order valence-corrected chi connectivity index (χ4v) is 2.59. The molecule has 21 heavy (non-hydrogen) atoms. The summed E-state index contributed by atoms with van der Waals surface area (Å²) in [6.45, 7) is 4.80. The second kappa shape index (κ2) is 6.56. The Morgan fingerprint density at radius 2 is 2.19 bits per heavy atom. The minimum absolute atomic E-state index is 0.0864. The Bertz CT molecular complexity index is 621. The Kier molecular flexibility index (Phi) is 4.77. The number of nitrogens with one attached hydrogen (secondary N) is 1. The summed E-state index contributed by atoms with van der Waals surface area (Å²) in [7, 11) is 1.94. The van der Waals surface area contributed by atoms with Crippen LogP contribution in [0.2, 0.25) is 0 Å². The summed E-state index contributed by atoms with van der Waals surface area (Å²) < 4.78 is 1.94. The number of fused-ring (bicyclic) bond motifs is 1. The Morgan fingerprint density at radius 1 is 1.43 bits per heavy atom. The zero-order valence-corrected chi connectivity index (χ0v) is 12.7. The van der Waals surface area contributed by atoms with Crippen LogP contribution in [0.3, 0.4) is 0 Å². The van der Waals surface area contributed by atoms with Gasteiger partial charge in [0, 0.05) is 26.2 Å². The predicted molar refractivity (Wildman–Crippen MR) is 82.2 cm³/mol. The van der Waals surface area contributed by atoms with Gasteiger partial charge in [0.05, 0.1) is 11.8 Å². The predicted octanol–water partition coefficient (Wildman–Crippen LogP) is 2.52. The first kappa shape index (κ1) is 15.3. The fourth-order valence-electron chi connectivity index (χ4n) is 2.59. The van der Waals surface area contributed by atoms with Gasteiger partial charge in [-0.25, -0.2) is 9.97 Å². The van der Waals surface area contributed by atoms with Crippen LogP contribution >= 0.6 is 0 Å². The summed E-state index contributed by atoms with van der Waals surface area (Å²) in [5.74, 6) is 0.511. The first-order valence-corrected chi connectivity index (χ1v) is 7.19. The molecule has 0 aliphatic carbocycles. The summed E-state index contributed by atoms with van der Waals surface area (Å²) in [5.41, 5.74) is 1.82. The van der Waals surface area contributed by atoms with Crippen LogP contribution in [0.4, 0.5) is 5.82 Å². The molecule has 2 aromatic rings. The van der Waals surface area contributed by atoms with Crippen molar-refractivity contribution in [3.63, 3.8) is 0 Å². The quantitative estimate of drug-likeness (QED) is 0.819. The third-order valence-electron chi connectivity index (χ3n) is 3.47. The monoisotopic (exact) mass is 290 g/mol. The summed E-state index contributed by atoms with van der Waals surface area (Å²) >= 11 is 0. The number of imidazole rings is 1. The molecule has 6 nitrogen and oxygen atoms in total. The van der Waals surface area contributed by atoms with Gasteiger partial charge in [-0.05, 0) is 24.3 Å². The number of carboxylic acid groups (broad SMARTS) is 1. The second-order valence-electron chi connectivity index (χ2n) is 5.86. The molecule has 0 radical (unpaired) electrons. The van der Waals surface area contributed by atoms with E-state index in [9.17, 15) is 4.79 Å². The lowest BCUT2D eigenvalue weighted by atomic mass is 9.94. The molecule has 0 saturated carbocycles. The lowest BCUT2D eigenvalue weighted by Gasteiger charge is -2.18. The number of aliphatic carboxylic acids is 1. The molecule has 0 amide bonds. The molecule has 6 heteroatoms. The van der Waals surface area contributed by atoms with Gasteiger partial charge in [0.1, 0.15) is 5.52 Å². The Balaban J connectivity index is 2.09. The van der Waals surface area contributed by atoms with E-state index in [1.165, 1.54) is 0 Å². The Hall–Kier alpha value is -2.11. The second-order valence-corrected chi connectivity index (χ2v) is 5.86. The van der Waals surface area contributed by atoms with Crippen LogP contribution < -0.4 is 5.32 Å². The SMILES string of the molecule is CC(C)CC(CNc1nccc2c1ncn2C)CC(=O)O. The number of carboxylic acids is 1. The smallest absolute Gasteiger partial charge is 0.303 e. The third kappa shape index (κ3) is 3.93. The fraction of sp³-hybridized carbons (Fsp3) is 0.533. The summed E-state index contributed by atoms with van der Waals surface area (Å²) in [5, 5.41) is 12.3. The molecule has 0 aliphatic heterocycles. The van der Waals surface area contributed by atoms with Crippen molar-refractivity contribution in [1.82, 2.24) is 14.5 Å². The number of anilines is 1. The number of aromatic nitrogens is 3. The zero-order chi connectivity index (χ0) is 15.4. The minimum Gasteiger partial charge on any atom is -0.481 e. The maximum absolute atomic E-state index is 11.0. The van der Waals surface area contributed by atoms with E-state index in [-0.39, 0.29) is 12.3 Å². The molecule has 2 N–H and O–H groups in total. The van der Waals surface area contributed by atoms with Crippen LogP contribution in [0, 0.1) is 11.8 Å². The van der Waals surface area contributed by atoms with Crippen molar-refractivity contribution in [2.45, 2.75) is 26.7 Å². The number of aryl methyl sites for hydroxylation is 1. The van der Waals surface area contributed by atoms with Gasteiger partial charge >= 0.3 is 5.97 Å². The van der Waals surface area contributed by atoms with Crippen molar-refractivity contribution in [2.24, 2.45) is 18.9 Å². The van der Waals surface area contributed by atoms with Crippen molar-refractivity contribution >= 4 is 22.8 Å². The molecular formula is C15H22N4O2. The first-order chi connectivity index (χ1) is 9.97. The van der Waals surface area contributed by atoms with Crippen LogP contribution in [-0.4, -0.2) is 32.2 Å². The third-order valence-corrected chi connectivity index (χ3v) is 3.47. The van der Waals surface area contributed by atoms with Gasteiger partial charge < -0.3 is 15.0 Å². The Morgan fingerprint density at radius 3 is 2.86 bits per heavy atom. The van der Waals surface area contributed by atoms with Gasteiger partial charge in [-0.3, -0.25) is 4.79 Å². The standard InChI is InChI=1S/C15H22N4O2/c1-10(2)6-11(7-13(20)21)8-17-15-14-12(4-5-16-15)19(3)9-18-14/h4-5,9-11H,6-8H2,1-3H3,(H,16,17)(H,20,21). The molecular weight excluding hydrogens is 268 g/mol. The summed E-state index contributed by atoms with van der Waals surface area (Å²) in [4.78, 5) is 19.6. The molecule has 1 unspecified atom stereocenters. The average Bonchev–Trinajstić information content (AvgIpc) is 2.77. The molecule has 0 aliphatic rings. The normalized spacial score (nSPS) is 12.8. The van der Waals surface area contributed by atoms with E-state index >= 15 is 0 Å². The number of pyridine rings is 1. The number of nitrogens with zero attached hydrogens (tertiary/aromatic N) is 3. The largest absolute Gasteiger partial charge is 0.481 e. The van der Waals surface area contributed by atoms with Crippen molar-refractivity contribution in [1.29, 1.82) is 0 Å². The molecule has 2 rings (SSSR count). The Labute approximate surface area is 124 Å². The summed E-state index contributed by atoms with van der Waals surface area (Å²) in [6.07, 6.45) is 4.53. The number of carbonyl (C=O) groups is 1. The van der Waals surface area contributed by atoms with Crippen molar-refractivity contribution in [3.05, 3.63) is 18.6 Å². The van der Waals surface area contributed by atoms with E-state index in [0.717, 1.165) is 17.5 Å². The van der Waals surface area contributed by atoms with E-state index in [0.29, 0.717) is 18.3 Å². The van der Waals surface area contributed by atoms with E-state index in [1.54, 1.807) is 12.5 Å². The van der Waals surface area contributed by atoms with Crippen LogP contribution in [0.1, 0.15) is 26.7 Å². The van der Waals surface area contributed by atoms with Crippen LogP contribution in [-0.2, 0) is 11.8 Å². The molecule has 0 aromatic carbocycles. The average molecular weight is 290 g/mol. The van der Waals surface area contributed by atoms with Gasteiger partial charge in [-0.2, -0.15) is 0 Å². The highest BCUT2D eigenvalue weighted by atomic mass is 16.4. The molecule has 0 saturated heterocycles. The lowest BCUT2D eigenvalue weighted by Crippen LogP contribution is -2.20. The van der Waals surface area contributed by atoms with Crippen molar-refractivity contribution < 1.29 is 9.90 Å². The first-order valence-electron chi connectivity index (χ1n) is 7.19. The molecule has 1 atom stereocenters. The maximum atomic E-state index is 11.0. The highest BCUT2D eigenvalue weighted by Gasteiger charge is 2.16. The van der Waals surface area contributed by atoms with Crippen LogP contribution in [0.5, 0.6) is 0 Å². The topological polar surface area (TPSA) is 80.0 Å². The number of hydrogen-bond acceptors (Lipinski definition) is 4. The molecule has 114 valence electrons. The van der Waals surface area contributed by atoms with E-state index in [4.69, 9.17) is 5.11 Å². The van der Waals surface area contributed by atoms with Gasteiger partial charge in [0.15, 0.2) is 5.82 Å². The molecule has 0 spiro atoms. The van der Waals surface area contributed by atoms with E-state index in [1.807, 2.05) is 17.7 Å². The van der Waals surface area contributed by atoms with Gasteiger partial charge in [-0.15, -0.1) is 0 Å². The molecule has 2 heterocycles. The molecule has 0 fully saturated rings. The van der Waals surface area contributed by atoms with Gasteiger partial charge in [0.25, 0.3) is 0 Å². The van der Waals surface area contributed by atoms with Gasteiger partial charge in [-0.1, -0.05) is 13.8 Å². The van der Waals surface area contributed by atoms with E-state index in [2.05, 4.69) is 29.1 Å². The summed E-state index contributed by atoms with van der Waals surface area (Å²) in [6, 6.07) is 1.91. The molecule has 2 aromatic heterocycles. The zero-order valence-electron chi connectivity index (χ0n) is 12.7. The highest BCUT2D eigenvalue weighted by molar-refractivity contribution is 5.85. The number of rotatable bonds is 7.